The molecule has 1 aliphatic heterocycles. The van der Waals surface area contributed by atoms with E-state index in [-0.39, 0.29) is 11.7 Å². The molecule has 1 N–H and O–H groups in total. The molecular weight excluding hydrogens is 309 g/mol. The molecule has 2 amide bonds. The van der Waals surface area contributed by atoms with Crippen molar-refractivity contribution in [1.29, 1.82) is 0 Å². The van der Waals surface area contributed by atoms with Gasteiger partial charge >= 0.3 is 6.03 Å². The van der Waals surface area contributed by atoms with Crippen LogP contribution in [0.4, 0.5) is 14.9 Å². The highest BCUT2D eigenvalue weighted by Crippen LogP contribution is 2.22. The lowest BCUT2D eigenvalue weighted by Crippen LogP contribution is -2.33. The Labute approximate surface area is 141 Å². The number of urea groups is 1. The lowest BCUT2D eigenvalue weighted by atomic mass is 10.1. The van der Waals surface area contributed by atoms with Crippen molar-refractivity contribution in [2.75, 3.05) is 31.6 Å². The van der Waals surface area contributed by atoms with Crippen LogP contribution in [-0.2, 0) is 4.74 Å². The van der Waals surface area contributed by atoms with Gasteiger partial charge in [-0.15, -0.1) is 0 Å². The monoisotopic (exact) mass is 331 g/mol. The first kappa shape index (κ1) is 16.5. The molecule has 0 aliphatic carbocycles. The number of hydrogen-bond donors (Lipinski definition) is 1. The number of likely N-dealkylation sites (tertiary alicyclic amines) is 1. The summed E-state index contributed by atoms with van der Waals surface area (Å²) < 4.78 is 21.3. The van der Waals surface area contributed by atoms with Crippen LogP contribution < -0.4 is 5.32 Å². The molecule has 24 heavy (non-hydrogen) atoms. The van der Waals surface area contributed by atoms with Gasteiger partial charge in [-0.2, -0.15) is 0 Å². The normalized spacial score (nSPS) is 17.2. The molecule has 0 bridgehead atoms. The summed E-state index contributed by atoms with van der Waals surface area (Å²) in [6, 6.07) is 8.21. The standard InChI is InChI=1S/C18H22FN3O2/c1-2-24-13-14-7-10-22(12-14)18(23)20-17-11-15(5-6-16(17)19)21-8-3-4-9-21/h3-6,8-9,11,14H,2,7,10,12-13H2,1H3,(H,20,23)/t14-/m1/s1. The number of rotatable bonds is 5. The minimum absolute atomic E-state index is 0.194. The van der Waals surface area contributed by atoms with Gasteiger partial charge in [-0.25, -0.2) is 9.18 Å². The van der Waals surface area contributed by atoms with Crippen molar-refractivity contribution in [2.45, 2.75) is 13.3 Å². The fourth-order valence-electron chi connectivity index (χ4n) is 2.91. The van der Waals surface area contributed by atoms with Crippen molar-refractivity contribution in [3.05, 3.63) is 48.5 Å². The molecule has 0 saturated carbocycles. The largest absolute Gasteiger partial charge is 0.381 e. The predicted molar refractivity (Wildman–Crippen MR) is 90.9 cm³/mol. The zero-order valence-corrected chi connectivity index (χ0v) is 13.7. The Morgan fingerprint density at radius 1 is 1.38 bits per heavy atom. The van der Waals surface area contributed by atoms with Gasteiger partial charge in [0.2, 0.25) is 0 Å². The molecule has 1 aromatic heterocycles. The molecule has 128 valence electrons. The first-order valence-corrected chi connectivity index (χ1v) is 8.24. The molecule has 0 unspecified atom stereocenters. The van der Waals surface area contributed by atoms with Gasteiger partial charge in [-0.05, 0) is 43.7 Å². The van der Waals surface area contributed by atoms with Gasteiger partial charge in [0, 0.05) is 43.7 Å². The molecule has 1 atom stereocenters. The Bertz CT molecular complexity index is 688. The topological polar surface area (TPSA) is 46.5 Å². The molecule has 2 aromatic rings. The SMILES string of the molecule is CCOC[C@@H]1CCN(C(=O)Nc2cc(-n3cccc3)ccc2F)C1. The van der Waals surface area contributed by atoms with Crippen molar-refractivity contribution in [3.63, 3.8) is 0 Å². The van der Waals surface area contributed by atoms with Crippen LogP contribution in [0, 0.1) is 11.7 Å². The molecule has 3 rings (SSSR count). The third-order valence-corrected chi connectivity index (χ3v) is 4.22. The number of amides is 2. The minimum Gasteiger partial charge on any atom is -0.381 e. The smallest absolute Gasteiger partial charge is 0.321 e. The first-order valence-electron chi connectivity index (χ1n) is 8.24. The Morgan fingerprint density at radius 2 is 2.17 bits per heavy atom. The van der Waals surface area contributed by atoms with E-state index < -0.39 is 5.82 Å². The van der Waals surface area contributed by atoms with Gasteiger partial charge in [-0.3, -0.25) is 0 Å². The van der Waals surface area contributed by atoms with Crippen LogP contribution in [0.5, 0.6) is 0 Å². The molecule has 1 saturated heterocycles. The zero-order valence-electron chi connectivity index (χ0n) is 13.7. The van der Waals surface area contributed by atoms with Crippen LogP contribution >= 0.6 is 0 Å². The maximum absolute atomic E-state index is 14.0. The van der Waals surface area contributed by atoms with E-state index in [1.165, 1.54) is 6.07 Å². The van der Waals surface area contributed by atoms with Gasteiger partial charge in [0.05, 0.1) is 12.3 Å². The average Bonchev–Trinajstić information content (AvgIpc) is 3.26. The van der Waals surface area contributed by atoms with Crippen molar-refractivity contribution in [1.82, 2.24) is 9.47 Å². The molecule has 1 aromatic carbocycles. The number of anilines is 1. The van der Waals surface area contributed by atoms with E-state index in [4.69, 9.17) is 4.74 Å². The zero-order chi connectivity index (χ0) is 16.9. The van der Waals surface area contributed by atoms with Gasteiger partial charge in [-0.1, -0.05) is 0 Å². The third-order valence-electron chi connectivity index (χ3n) is 4.22. The summed E-state index contributed by atoms with van der Waals surface area (Å²) in [5.74, 6) is -0.0870. The maximum atomic E-state index is 14.0. The van der Waals surface area contributed by atoms with Crippen LogP contribution in [0.15, 0.2) is 42.7 Å². The summed E-state index contributed by atoms with van der Waals surface area (Å²) >= 11 is 0. The average molecular weight is 331 g/mol. The second-order valence-corrected chi connectivity index (χ2v) is 5.94. The second-order valence-electron chi connectivity index (χ2n) is 5.94. The summed E-state index contributed by atoms with van der Waals surface area (Å²) in [7, 11) is 0. The fourth-order valence-corrected chi connectivity index (χ4v) is 2.91. The fraction of sp³-hybridized carbons (Fsp3) is 0.389. The predicted octanol–water partition coefficient (Wildman–Crippen LogP) is 3.51. The number of nitrogens with zero attached hydrogens (tertiary/aromatic N) is 2. The van der Waals surface area contributed by atoms with Crippen LogP contribution in [0.2, 0.25) is 0 Å². The highest BCUT2D eigenvalue weighted by Gasteiger charge is 2.26. The number of aromatic nitrogens is 1. The minimum atomic E-state index is -0.440. The lowest BCUT2D eigenvalue weighted by molar-refractivity contribution is 0.113. The summed E-state index contributed by atoms with van der Waals surface area (Å²) in [4.78, 5) is 14.1. The van der Waals surface area contributed by atoms with Crippen molar-refractivity contribution >= 4 is 11.7 Å². The molecule has 2 heterocycles. The highest BCUT2D eigenvalue weighted by atomic mass is 19.1. The number of halogens is 1. The molecule has 1 fully saturated rings. The Hall–Kier alpha value is -2.34. The Balaban J connectivity index is 1.65. The summed E-state index contributed by atoms with van der Waals surface area (Å²) in [5.41, 5.74) is 0.992. The van der Waals surface area contributed by atoms with Crippen molar-refractivity contribution < 1.29 is 13.9 Å². The number of ether oxygens (including phenoxy) is 1. The van der Waals surface area contributed by atoms with Gasteiger partial charge in [0.15, 0.2) is 0 Å². The molecule has 1 aliphatic rings. The first-order chi connectivity index (χ1) is 11.7. The van der Waals surface area contributed by atoms with Gasteiger partial charge in [0.1, 0.15) is 5.82 Å². The summed E-state index contributed by atoms with van der Waals surface area (Å²) in [6.07, 6.45) is 4.66. The number of nitrogens with one attached hydrogen (secondary N) is 1. The third kappa shape index (κ3) is 3.76. The maximum Gasteiger partial charge on any atom is 0.321 e. The molecule has 0 radical (unpaired) electrons. The number of hydrogen-bond acceptors (Lipinski definition) is 2. The number of carbonyl (C=O) groups is 1. The number of benzene rings is 1. The summed E-state index contributed by atoms with van der Waals surface area (Å²) in [5, 5.41) is 2.69. The molecule has 6 heteroatoms. The Kier molecular flexibility index (Phi) is 5.15. The van der Waals surface area contributed by atoms with Crippen LogP contribution in [0.3, 0.4) is 0 Å². The van der Waals surface area contributed by atoms with E-state index in [2.05, 4.69) is 5.32 Å². The second kappa shape index (κ2) is 7.49. The quantitative estimate of drug-likeness (QED) is 0.911. The van der Waals surface area contributed by atoms with Crippen molar-refractivity contribution in [2.24, 2.45) is 5.92 Å². The number of carbonyl (C=O) groups excluding carboxylic acids is 1. The van der Waals surface area contributed by atoms with E-state index in [0.717, 1.165) is 12.1 Å². The lowest BCUT2D eigenvalue weighted by Gasteiger charge is -2.18. The van der Waals surface area contributed by atoms with E-state index in [9.17, 15) is 9.18 Å². The molecule has 0 spiro atoms. The van der Waals surface area contributed by atoms with Gasteiger partial charge < -0.3 is 19.5 Å². The van der Waals surface area contributed by atoms with E-state index in [0.29, 0.717) is 32.2 Å². The Morgan fingerprint density at radius 3 is 2.92 bits per heavy atom. The highest BCUT2D eigenvalue weighted by molar-refractivity contribution is 5.90. The van der Waals surface area contributed by atoms with Crippen molar-refractivity contribution in [3.8, 4) is 5.69 Å². The van der Waals surface area contributed by atoms with Crippen LogP contribution in [-0.4, -0.2) is 41.8 Å². The molecular formula is C18H22FN3O2. The van der Waals surface area contributed by atoms with Crippen LogP contribution in [0.25, 0.3) is 5.69 Å². The van der Waals surface area contributed by atoms with E-state index in [1.54, 1.807) is 17.0 Å². The van der Waals surface area contributed by atoms with Gasteiger partial charge in [0.25, 0.3) is 0 Å². The van der Waals surface area contributed by atoms with Crippen LogP contribution in [0.1, 0.15) is 13.3 Å². The summed E-state index contributed by atoms with van der Waals surface area (Å²) in [6.45, 7) is 4.62. The van der Waals surface area contributed by atoms with E-state index >= 15 is 0 Å². The molecule has 5 nitrogen and oxygen atoms in total. The van der Waals surface area contributed by atoms with E-state index in [1.807, 2.05) is 36.0 Å².